The molecule has 1 aromatic rings. The molecule has 1 N–H and O–H groups in total. The zero-order chi connectivity index (χ0) is 13.7. The molecule has 1 aromatic heterocycles. The van der Waals surface area contributed by atoms with Gasteiger partial charge in [0.1, 0.15) is 4.47 Å². The SMILES string of the molecule is CCOC(=O)CC(O)Cn1cc(Br)c([N+](=O)[O-])n1. The molecule has 1 heterocycles. The fraction of sp³-hybridized carbons (Fsp3) is 0.556. The Morgan fingerprint density at radius 2 is 2.44 bits per heavy atom. The van der Waals surface area contributed by atoms with Gasteiger partial charge in [0.2, 0.25) is 0 Å². The van der Waals surface area contributed by atoms with Crippen LogP contribution in [0.2, 0.25) is 0 Å². The van der Waals surface area contributed by atoms with Gasteiger partial charge in [0.25, 0.3) is 0 Å². The Labute approximate surface area is 111 Å². The summed E-state index contributed by atoms with van der Waals surface area (Å²) in [6, 6.07) is 0. The number of rotatable bonds is 6. The summed E-state index contributed by atoms with van der Waals surface area (Å²) in [6.45, 7) is 1.88. The second-order valence-electron chi connectivity index (χ2n) is 3.44. The van der Waals surface area contributed by atoms with Gasteiger partial charge in [0.15, 0.2) is 0 Å². The minimum Gasteiger partial charge on any atom is -0.466 e. The number of nitrogens with zero attached hydrogens (tertiary/aromatic N) is 3. The maximum absolute atomic E-state index is 11.1. The van der Waals surface area contributed by atoms with Crippen LogP contribution in [-0.2, 0) is 16.1 Å². The van der Waals surface area contributed by atoms with Crippen LogP contribution in [0.5, 0.6) is 0 Å². The Morgan fingerprint density at radius 1 is 1.78 bits per heavy atom. The summed E-state index contributed by atoms with van der Waals surface area (Å²) >= 11 is 2.99. The van der Waals surface area contributed by atoms with E-state index in [1.165, 1.54) is 10.9 Å². The highest BCUT2D eigenvalue weighted by Gasteiger charge is 2.21. The summed E-state index contributed by atoms with van der Waals surface area (Å²) in [6.07, 6.45) is 0.182. The molecule has 0 aliphatic carbocycles. The van der Waals surface area contributed by atoms with Crippen molar-refractivity contribution >= 4 is 27.7 Å². The van der Waals surface area contributed by atoms with Gasteiger partial charge in [-0.2, -0.15) is 4.68 Å². The van der Waals surface area contributed by atoms with E-state index in [0.29, 0.717) is 0 Å². The van der Waals surface area contributed by atoms with Crippen molar-refractivity contribution in [1.82, 2.24) is 9.78 Å². The second kappa shape index (κ2) is 6.45. The number of carbonyl (C=O) groups excluding carboxylic acids is 1. The van der Waals surface area contributed by atoms with E-state index in [9.17, 15) is 20.0 Å². The molecule has 0 saturated heterocycles. The summed E-state index contributed by atoms with van der Waals surface area (Å²) in [7, 11) is 0. The van der Waals surface area contributed by atoms with E-state index in [4.69, 9.17) is 0 Å². The van der Waals surface area contributed by atoms with Gasteiger partial charge in [-0.1, -0.05) is 0 Å². The topological polar surface area (TPSA) is 107 Å². The van der Waals surface area contributed by atoms with E-state index in [0.717, 1.165) is 0 Å². The molecule has 0 saturated carbocycles. The van der Waals surface area contributed by atoms with Crippen LogP contribution in [0.4, 0.5) is 5.82 Å². The Kier molecular flexibility index (Phi) is 5.23. The predicted octanol–water partition coefficient (Wildman–Crippen LogP) is 0.868. The predicted molar refractivity (Wildman–Crippen MR) is 63.8 cm³/mol. The fourth-order valence-corrected chi connectivity index (χ4v) is 1.76. The molecule has 0 spiro atoms. The van der Waals surface area contributed by atoms with Crippen molar-refractivity contribution in [3.63, 3.8) is 0 Å². The number of halogens is 1. The molecule has 8 nitrogen and oxygen atoms in total. The number of esters is 1. The minimum absolute atomic E-state index is 0.0226. The van der Waals surface area contributed by atoms with Gasteiger partial charge in [-0.3, -0.25) is 4.79 Å². The number of aromatic nitrogens is 2. The Balaban J connectivity index is 2.59. The van der Waals surface area contributed by atoms with Crippen LogP contribution in [0.25, 0.3) is 0 Å². The van der Waals surface area contributed by atoms with Crippen LogP contribution < -0.4 is 0 Å². The lowest BCUT2D eigenvalue weighted by Gasteiger charge is -2.07. The third-order valence-electron chi connectivity index (χ3n) is 1.98. The molecule has 1 atom stereocenters. The van der Waals surface area contributed by atoms with Crippen molar-refractivity contribution in [3.05, 3.63) is 20.8 Å². The molecular weight excluding hydrogens is 310 g/mol. The molecule has 0 aliphatic rings. The first-order valence-electron chi connectivity index (χ1n) is 5.15. The van der Waals surface area contributed by atoms with E-state index < -0.39 is 17.0 Å². The lowest BCUT2D eigenvalue weighted by atomic mass is 10.2. The molecular formula is C9H12BrN3O5. The zero-order valence-corrected chi connectivity index (χ0v) is 11.2. The number of carbonyl (C=O) groups is 1. The molecule has 0 fully saturated rings. The first kappa shape index (κ1) is 14.6. The molecule has 0 amide bonds. The van der Waals surface area contributed by atoms with E-state index in [1.807, 2.05) is 0 Å². The quantitative estimate of drug-likeness (QED) is 0.473. The standard InChI is InChI=1S/C9H12BrN3O5/c1-2-18-8(15)3-6(14)4-12-5-7(10)9(11-12)13(16)17/h5-6,14H,2-4H2,1H3. The van der Waals surface area contributed by atoms with Crippen LogP contribution in [0.15, 0.2) is 10.7 Å². The van der Waals surface area contributed by atoms with Crippen LogP contribution in [0.3, 0.4) is 0 Å². The summed E-state index contributed by atoms with van der Waals surface area (Å²) in [5.41, 5.74) is 0. The largest absolute Gasteiger partial charge is 0.466 e. The molecule has 1 unspecified atom stereocenters. The molecule has 0 aromatic carbocycles. The van der Waals surface area contributed by atoms with Gasteiger partial charge in [0.05, 0.1) is 37.0 Å². The van der Waals surface area contributed by atoms with E-state index in [-0.39, 0.29) is 29.9 Å². The van der Waals surface area contributed by atoms with Crippen LogP contribution in [0.1, 0.15) is 13.3 Å². The van der Waals surface area contributed by atoms with E-state index in [1.54, 1.807) is 6.92 Å². The van der Waals surface area contributed by atoms with Crippen molar-refractivity contribution in [1.29, 1.82) is 0 Å². The van der Waals surface area contributed by atoms with Gasteiger partial charge in [0, 0.05) is 0 Å². The highest BCUT2D eigenvalue weighted by molar-refractivity contribution is 9.10. The molecule has 100 valence electrons. The van der Waals surface area contributed by atoms with Crippen LogP contribution in [-0.4, -0.2) is 38.5 Å². The number of hydrogen-bond donors (Lipinski definition) is 1. The zero-order valence-electron chi connectivity index (χ0n) is 9.58. The summed E-state index contributed by atoms with van der Waals surface area (Å²) in [5.74, 6) is -0.857. The smallest absolute Gasteiger partial charge is 0.404 e. The van der Waals surface area contributed by atoms with Crippen molar-refractivity contribution in [2.24, 2.45) is 0 Å². The molecule has 0 radical (unpaired) electrons. The lowest BCUT2D eigenvalue weighted by Crippen LogP contribution is -2.21. The molecule has 0 bridgehead atoms. The third-order valence-corrected chi connectivity index (χ3v) is 2.54. The molecule has 18 heavy (non-hydrogen) atoms. The summed E-state index contributed by atoms with van der Waals surface area (Å²) in [4.78, 5) is 21.0. The molecule has 9 heteroatoms. The first-order valence-corrected chi connectivity index (χ1v) is 5.94. The lowest BCUT2D eigenvalue weighted by molar-refractivity contribution is -0.390. The first-order chi connectivity index (χ1) is 8.43. The summed E-state index contributed by atoms with van der Waals surface area (Å²) < 4.78 is 6.09. The van der Waals surface area contributed by atoms with Gasteiger partial charge >= 0.3 is 11.8 Å². The van der Waals surface area contributed by atoms with Crippen LogP contribution >= 0.6 is 15.9 Å². The highest BCUT2D eigenvalue weighted by atomic mass is 79.9. The van der Waals surface area contributed by atoms with Crippen molar-refractivity contribution in [2.45, 2.75) is 26.0 Å². The number of aliphatic hydroxyl groups excluding tert-OH is 1. The average molecular weight is 322 g/mol. The number of hydrogen-bond acceptors (Lipinski definition) is 6. The fourth-order valence-electron chi connectivity index (χ4n) is 1.30. The van der Waals surface area contributed by atoms with Gasteiger partial charge < -0.3 is 20.0 Å². The van der Waals surface area contributed by atoms with Gasteiger partial charge in [-0.15, -0.1) is 0 Å². The van der Waals surface area contributed by atoms with Crippen molar-refractivity contribution < 1.29 is 19.6 Å². The van der Waals surface area contributed by atoms with Crippen LogP contribution in [0, 0.1) is 10.1 Å². The van der Waals surface area contributed by atoms with Crippen molar-refractivity contribution in [3.8, 4) is 0 Å². The Morgan fingerprint density at radius 3 is 2.94 bits per heavy atom. The van der Waals surface area contributed by atoms with Gasteiger partial charge in [-0.25, -0.2) is 0 Å². The third kappa shape index (κ3) is 4.08. The van der Waals surface area contributed by atoms with Crippen molar-refractivity contribution in [2.75, 3.05) is 6.61 Å². The van der Waals surface area contributed by atoms with Gasteiger partial charge in [-0.05, 0) is 27.8 Å². The Bertz CT molecular complexity index is 447. The Hall–Kier alpha value is -1.48. The maximum Gasteiger partial charge on any atom is 0.404 e. The average Bonchev–Trinajstić information content (AvgIpc) is 2.59. The maximum atomic E-state index is 11.1. The number of ether oxygens (including phenoxy) is 1. The van der Waals surface area contributed by atoms with E-state index >= 15 is 0 Å². The number of aliphatic hydroxyl groups is 1. The monoisotopic (exact) mass is 321 g/mol. The molecule has 0 aliphatic heterocycles. The summed E-state index contributed by atoms with van der Waals surface area (Å²) in [5, 5.41) is 23.8. The van der Waals surface area contributed by atoms with E-state index in [2.05, 4.69) is 25.8 Å². The normalized spacial score (nSPS) is 12.2. The highest BCUT2D eigenvalue weighted by Crippen LogP contribution is 2.22. The second-order valence-corrected chi connectivity index (χ2v) is 4.30. The molecule has 1 rings (SSSR count). The minimum atomic E-state index is -1.00. The number of nitro groups is 1.